The Labute approximate surface area is 208 Å². The van der Waals surface area contributed by atoms with Crippen LogP contribution in [0, 0.1) is 4.91 Å². The molecule has 0 aliphatic carbocycles. The smallest absolute Gasteiger partial charge is 0.274 e. The minimum Gasteiger partial charge on any atom is -0.356 e. The van der Waals surface area contributed by atoms with E-state index in [9.17, 15) is 9.70 Å². The summed E-state index contributed by atoms with van der Waals surface area (Å²) in [4.78, 5) is 32.2. The maximum absolute atomic E-state index is 12.7. The van der Waals surface area contributed by atoms with E-state index in [1.54, 1.807) is 54.9 Å². The second-order valence-electron chi connectivity index (χ2n) is 7.72. The summed E-state index contributed by atoms with van der Waals surface area (Å²) in [5, 5.41) is 13.1. The molecule has 0 aliphatic rings. The van der Waals surface area contributed by atoms with Gasteiger partial charge in [0.25, 0.3) is 5.91 Å². The van der Waals surface area contributed by atoms with Crippen molar-refractivity contribution < 1.29 is 4.79 Å². The summed E-state index contributed by atoms with van der Waals surface area (Å²) in [7, 11) is 0. The maximum atomic E-state index is 12.7. The monoisotopic (exact) mass is 476 g/mol. The first-order chi connectivity index (χ1) is 17.6. The standard InChI is InChI=1S/C28H24N6O2/c1-3-5-19(6-4-2)31-20-7-9-21(10-8-20)33-28(35)27-14-12-23(18-30-27)32-26-15-16-29-25-13-11-22(34-36)17-24(25)26/h3-18,31H,1H2,2H3,(H,29,32)(H,33,35)/b6-4-,19-5+. The summed E-state index contributed by atoms with van der Waals surface area (Å²) >= 11 is 0. The van der Waals surface area contributed by atoms with Crippen LogP contribution in [0.4, 0.5) is 28.4 Å². The summed E-state index contributed by atoms with van der Waals surface area (Å²) in [6.45, 7) is 5.66. The van der Waals surface area contributed by atoms with Gasteiger partial charge in [-0.05, 0) is 84.9 Å². The van der Waals surface area contributed by atoms with Gasteiger partial charge >= 0.3 is 0 Å². The number of nitrogens with zero attached hydrogens (tertiary/aromatic N) is 3. The Kier molecular flexibility index (Phi) is 7.57. The predicted octanol–water partition coefficient (Wildman–Crippen LogP) is 7.08. The average Bonchev–Trinajstić information content (AvgIpc) is 2.90. The van der Waals surface area contributed by atoms with Gasteiger partial charge in [-0.15, -0.1) is 4.91 Å². The van der Waals surface area contributed by atoms with Gasteiger partial charge < -0.3 is 16.0 Å². The lowest BCUT2D eigenvalue weighted by atomic mass is 10.1. The Hall–Kier alpha value is -5.11. The van der Waals surface area contributed by atoms with Crippen LogP contribution in [-0.2, 0) is 0 Å². The summed E-state index contributed by atoms with van der Waals surface area (Å²) in [5.41, 5.74) is 5.19. The molecule has 8 nitrogen and oxygen atoms in total. The van der Waals surface area contributed by atoms with E-state index in [2.05, 4.69) is 37.7 Å². The SMILES string of the molecule is C=C/C=C(\C=C/C)Nc1ccc(NC(=O)c2ccc(Nc3ccnc4ccc(N=O)cc34)cn2)cc1. The van der Waals surface area contributed by atoms with E-state index in [4.69, 9.17) is 0 Å². The average molecular weight is 477 g/mol. The third-order valence-corrected chi connectivity index (χ3v) is 5.18. The van der Waals surface area contributed by atoms with Crippen LogP contribution in [0.25, 0.3) is 10.9 Å². The van der Waals surface area contributed by atoms with Crippen LogP contribution in [0.1, 0.15) is 17.4 Å². The molecule has 2 heterocycles. The molecule has 0 atom stereocenters. The topological polar surface area (TPSA) is 108 Å². The zero-order valence-corrected chi connectivity index (χ0v) is 19.6. The Morgan fingerprint density at radius 3 is 2.36 bits per heavy atom. The highest BCUT2D eigenvalue weighted by molar-refractivity contribution is 6.03. The number of carbonyl (C=O) groups is 1. The van der Waals surface area contributed by atoms with Crippen molar-refractivity contribution in [2.24, 2.45) is 5.18 Å². The number of anilines is 4. The first-order valence-corrected chi connectivity index (χ1v) is 11.2. The van der Waals surface area contributed by atoms with Gasteiger partial charge in [0.2, 0.25) is 0 Å². The largest absolute Gasteiger partial charge is 0.356 e. The number of amides is 1. The summed E-state index contributed by atoms with van der Waals surface area (Å²) in [5.74, 6) is -0.320. The second kappa shape index (κ2) is 11.3. The number of benzene rings is 2. The predicted molar refractivity (Wildman–Crippen MR) is 146 cm³/mol. The number of carbonyl (C=O) groups excluding carboxylic acids is 1. The second-order valence-corrected chi connectivity index (χ2v) is 7.72. The van der Waals surface area contributed by atoms with Crippen LogP contribution in [0.3, 0.4) is 0 Å². The van der Waals surface area contributed by atoms with Gasteiger partial charge in [0, 0.05) is 34.3 Å². The molecule has 4 aromatic rings. The van der Waals surface area contributed by atoms with Gasteiger partial charge in [-0.1, -0.05) is 18.7 Å². The van der Waals surface area contributed by atoms with Crippen LogP contribution in [0.2, 0.25) is 0 Å². The summed E-state index contributed by atoms with van der Waals surface area (Å²) in [6, 6.07) is 17.6. The zero-order valence-electron chi connectivity index (χ0n) is 19.6. The van der Waals surface area contributed by atoms with Crippen molar-refractivity contribution in [1.82, 2.24) is 9.97 Å². The number of rotatable bonds is 9. The normalized spacial score (nSPS) is 11.3. The van der Waals surface area contributed by atoms with Crippen LogP contribution in [0.15, 0.2) is 115 Å². The summed E-state index contributed by atoms with van der Waals surface area (Å²) < 4.78 is 0. The lowest BCUT2D eigenvalue weighted by Gasteiger charge is -2.11. The molecule has 36 heavy (non-hydrogen) atoms. The van der Waals surface area contributed by atoms with Crippen molar-refractivity contribution >= 4 is 45.2 Å². The highest BCUT2D eigenvalue weighted by Gasteiger charge is 2.09. The van der Waals surface area contributed by atoms with Crippen LogP contribution >= 0.6 is 0 Å². The van der Waals surface area contributed by atoms with Gasteiger partial charge in [-0.25, -0.2) is 4.98 Å². The van der Waals surface area contributed by atoms with E-state index < -0.39 is 0 Å². The minimum atomic E-state index is -0.320. The number of nitrogens with one attached hydrogen (secondary N) is 3. The molecule has 0 saturated heterocycles. The van der Waals surface area contributed by atoms with Gasteiger partial charge in [0.15, 0.2) is 0 Å². The molecule has 0 radical (unpaired) electrons. The molecule has 0 fully saturated rings. The molecule has 2 aromatic carbocycles. The molecular weight excluding hydrogens is 452 g/mol. The van der Waals surface area contributed by atoms with E-state index in [1.807, 2.05) is 49.4 Å². The molecule has 178 valence electrons. The fourth-order valence-corrected chi connectivity index (χ4v) is 3.50. The number of hydrogen-bond donors (Lipinski definition) is 3. The number of fused-ring (bicyclic) bond motifs is 1. The van der Waals surface area contributed by atoms with Crippen molar-refractivity contribution in [3.8, 4) is 0 Å². The van der Waals surface area contributed by atoms with Gasteiger partial charge in [-0.2, -0.15) is 0 Å². The molecule has 4 rings (SSSR count). The number of nitroso groups, excluding NO2 is 1. The third-order valence-electron chi connectivity index (χ3n) is 5.18. The molecule has 2 aromatic heterocycles. The van der Waals surface area contributed by atoms with E-state index in [-0.39, 0.29) is 11.6 Å². The van der Waals surface area contributed by atoms with Crippen molar-refractivity contribution in [3.05, 3.63) is 120 Å². The molecule has 0 bridgehead atoms. The van der Waals surface area contributed by atoms with Gasteiger partial charge in [0.1, 0.15) is 11.4 Å². The molecule has 0 spiro atoms. The molecule has 0 unspecified atom stereocenters. The van der Waals surface area contributed by atoms with Crippen LogP contribution < -0.4 is 16.0 Å². The van der Waals surface area contributed by atoms with Crippen molar-refractivity contribution in [1.29, 1.82) is 0 Å². The fourth-order valence-electron chi connectivity index (χ4n) is 3.50. The molecular formula is C28H24N6O2. The molecule has 8 heteroatoms. The molecule has 0 saturated carbocycles. The lowest BCUT2D eigenvalue weighted by molar-refractivity contribution is 0.102. The van der Waals surface area contributed by atoms with E-state index >= 15 is 0 Å². The Morgan fingerprint density at radius 1 is 0.944 bits per heavy atom. The number of hydrogen-bond acceptors (Lipinski definition) is 7. The van der Waals surface area contributed by atoms with E-state index in [0.29, 0.717) is 17.1 Å². The van der Waals surface area contributed by atoms with Crippen LogP contribution in [0.5, 0.6) is 0 Å². The first-order valence-electron chi connectivity index (χ1n) is 11.2. The third kappa shape index (κ3) is 5.87. The highest BCUT2D eigenvalue weighted by atomic mass is 16.3. The molecule has 1 amide bonds. The van der Waals surface area contributed by atoms with Gasteiger partial charge in [0.05, 0.1) is 17.4 Å². The fraction of sp³-hybridized carbons (Fsp3) is 0.0357. The zero-order chi connectivity index (χ0) is 25.3. The van der Waals surface area contributed by atoms with Crippen molar-refractivity contribution in [3.63, 3.8) is 0 Å². The van der Waals surface area contributed by atoms with E-state index in [0.717, 1.165) is 28.0 Å². The Morgan fingerprint density at radius 2 is 1.69 bits per heavy atom. The minimum absolute atomic E-state index is 0.277. The first kappa shape index (κ1) is 24.0. The van der Waals surface area contributed by atoms with Crippen molar-refractivity contribution in [2.75, 3.05) is 16.0 Å². The molecule has 0 aliphatic heterocycles. The Bertz CT molecular complexity index is 1460. The van der Waals surface area contributed by atoms with Crippen LogP contribution in [-0.4, -0.2) is 15.9 Å². The highest BCUT2D eigenvalue weighted by Crippen LogP contribution is 2.28. The quantitative estimate of drug-likeness (QED) is 0.176. The summed E-state index contributed by atoms with van der Waals surface area (Å²) in [6.07, 6.45) is 10.7. The molecule has 3 N–H and O–H groups in total. The number of aromatic nitrogens is 2. The Balaban J connectivity index is 1.42. The maximum Gasteiger partial charge on any atom is 0.274 e. The van der Waals surface area contributed by atoms with E-state index in [1.165, 1.54) is 0 Å². The lowest BCUT2D eigenvalue weighted by Crippen LogP contribution is -2.13. The number of allylic oxidation sites excluding steroid dienone is 4. The van der Waals surface area contributed by atoms with Crippen molar-refractivity contribution in [2.45, 2.75) is 6.92 Å². The van der Waals surface area contributed by atoms with Gasteiger partial charge in [-0.3, -0.25) is 9.78 Å². The number of pyridine rings is 2.